The Morgan fingerprint density at radius 2 is 2.05 bits per heavy atom. The lowest BCUT2D eigenvalue weighted by Crippen LogP contribution is -2.38. The minimum atomic E-state index is -0.558. The molecular formula is C22H18N13O3S+. The summed E-state index contributed by atoms with van der Waals surface area (Å²) in [6.07, 6.45) is 1.50. The molecule has 194 valence electrons. The summed E-state index contributed by atoms with van der Waals surface area (Å²) >= 11 is 1.26. The van der Waals surface area contributed by atoms with Crippen molar-refractivity contribution in [3.63, 3.8) is 0 Å². The maximum Gasteiger partial charge on any atom is 0.377 e. The zero-order valence-electron chi connectivity index (χ0n) is 20.1. The summed E-state index contributed by atoms with van der Waals surface area (Å²) in [7, 11) is 0. The number of rotatable bonds is 8. The molecular weight excluding hydrogens is 526 g/mol. The number of benzene rings is 2. The van der Waals surface area contributed by atoms with Gasteiger partial charge in [0.25, 0.3) is 16.7 Å². The van der Waals surface area contributed by atoms with Crippen LogP contribution in [0, 0.1) is 0 Å². The van der Waals surface area contributed by atoms with Gasteiger partial charge in [-0.3, -0.25) is 4.79 Å². The fourth-order valence-corrected chi connectivity index (χ4v) is 4.43. The second-order valence-corrected chi connectivity index (χ2v) is 8.92. The number of aromatic nitrogens is 10. The molecule has 0 fully saturated rings. The molecule has 0 aliphatic carbocycles. The maximum absolute atomic E-state index is 13.2. The molecule has 0 saturated heterocycles. The number of carbonyl (C=O) groups is 1. The fraction of sp³-hybridized carbons (Fsp3) is 0.0909. The molecule has 0 bridgehead atoms. The van der Waals surface area contributed by atoms with E-state index >= 15 is 0 Å². The van der Waals surface area contributed by atoms with Crippen LogP contribution in [0.1, 0.15) is 28.7 Å². The molecule has 4 N–H and O–H groups in total. The predicted octanol–water partition coefficient (Wildman–Crippen LogP) is 1.21. The van der Waals surface area contributed by atoms with Gasteiger partial charge in [0.1, 0.15) is 17.0 Å². The van der Waals surface area contributed by atoms with Crippen LogP contribution >= 0.6 is 11.8 Å². The highest BCUT2D eigenvalue weighted by Gasteiger charge is 2.31. The Morgan fingerprint density at radius 1 is 1.21 bits per heavy atom. The highest BCUT2D eigenvalue weighted by molar-refractivity contribution is 7.98. The first kappa shape index (κ1) is 23.9. The van der Waals surface area contributed by atoms with Crippen LogP contribution in [0.5, 0.6) is 0 Å². The van der Waals surface area contributed by atoms with Crippen molar-refractivity contribution < 1.29 is 18.5 Å². The number of thioether (sulfide) groups is 1. The lowest BCUT2D eigenvalue weighted by Gasteiger charge is -2.04. The minimum Gasteiger partial charge on any atom is -0.431 e. The lowest BCUT2D eigenvalue weighted by molar-refractivity contribution is -0.669. The van der Waals surface area contributed by atoms with Gasteiger partial charge in [-0.05, 0) is 57.4 Å². The van der Waals surface area contributed by atoms with Crippen LogP contribution < -0.4 is 15.8 Å². The van der Waals surface area contributed by atoms with E-state index < -0.39 is 5.91 Å². The third kappa shape index (κ3) is 4.80. The van der Waals surface area contributed by atoms with Crippen LogP contribution in [0.15, 0.2) is 74.2 Å². The Labute approximate surface area is 222 Å². The summed E-state index contributed by atoms with van der Waals surface area (Å²) in [6, 6.07) is 14.8. The molecule has 39 heavy (non-hydrogen) atoms. The number of nitrogen functional groups attached to an aromatic ring is 1. The zero-order chi connectivity index (χ0) is 26.8. The lowest BCUT2D eigenvalue weighted by atomic mass is 10.1. The molecule has 4 heterocycles. The van der Waals surface area contributed by atoms with Crippen molar-refractivity contribution in [2.45, 2.75) is 17.9 Å². The summed E-state index contributed by atoms with van der Waals surface area (Å²) in [4.78, 5) is 17.6. The fourth-order valence-electron chi connectivity index (χ4n) is 3.60. The number of carbonyl (C=O) groups excluding carboxylic acids is 1. The van der Waals surface area contributed by atoms with Gasteiger partial charge in [-0.15, -0.1) is 15.0 Å². The molecule has 0 spiro atoms. The molecule has 16 nitrogen and oxygen atoms in total. The summed E-state index contributed by atoms with van der Waals surface area (Å²) in [5.74, 6) is -0.169. The van der Waals surface area contributed by atoms with E-state index in [4.69, 9.17) is 14.8 Å². The summed E-state index contributed by atoms with van der Waals surface area (Å²) < 4.78 is 13.4. The highest BCUT2D eigenvalue weighted by atomic mass is 32.2. The molecule has 1 amide bonds. The third-order valence-electron chi connectivity index (χ3n) is 5.56. The van der Waals surface area contributed by atoms with E-state index in [-0.39, 0.29) is 23.1 Å². The quantitative estimate of drug-likeness (QED) is 0.107. The second kappa shape index (κ2) is 10.1. The SMILES string of the molecule is CC(=NNC(=O)c1n[nH][n+](-c2nonc2N)c1CSc1nc2ccccc2o1)c1ccc(-n2cnnn2)cc1. The zero-order valence-corrected chi connectivity index (χ0v) is 20.9. The van der Waals surface area contributed by atoms with Gasteiger partial charge in [-0.2, -0.15) is 9.73 Å². The van der Waals surface area contributed by atoms with Gasteiger partial charge >= 0.3 is 11.7 Å². The largest absolute Gasteiger partial charge is 0.431 e. The number of H-pyrrole nitrogens is 1. The molecule has 0 radical (unpaired) electrons. The van der Waals surface area contributed by atoms with Crippen molar-refractivity contribution in [3.8, 4) is 11.5 Å². The van der Waals surface area contributed by atoms with E-state index in [1.54, 1.807) is 6.92 Å². The number of nitrogens with two attached hydrogens (primary N) is 1. The van der Waals surface area contributed by atoms with Gasteiger partial charge in [-0.1, -0.05) is 36.0 Å². The van der Waals surface area contributed by atoms with Crippen molar-refractivity contribution in [2.75, 3.05) is 5.73 Å². The summed E-state index contributed by atoms with van der Waals surface area (Å²) in [5, 5.41) is 30.1. The van der Waals surface area contributed by atoms with E-state index in [0.717, 1.165) is 16.8 Å². The number of para-hydroxylation sites is 2. The normalized spacial score (nSPS) is 11.8. The van der Waals surface area contributed by atoms with Gasteiger partial charge in [0, 0.05) is 0 Å². The Balaban J connectivity index is 1.23. The number of nitrogens with one attached hydrogen (secondary N) is 2. The van der Waals surface area contributed by atoms with Crippen LogP contribution in [-0.2, 0) is 5.75 Å². The number of hydrogen-bond donors (Lipinski definition) is 3. The molecule has 2 aromatic carbocycles. The number of nitrogens with zero attached hydrogens (tertiary/aromatic N) is 10. The molecule has 17 heteroatoms. The van der Waals surface area contributed by atoms with E-state index in [1.165, 1.54) is 27.5 Å². The van der Waals surface area contributed by atoms with E-state index in [9.17, 15) is 4.79 Å². The van der Waals surface area contributed by atoms with E-state index in [0.29, 0.717) is 22.2 Å². The van der Waals surface area contributed by atoms with E-state index in [1.807, 2.05) is 48.5 Å². The second-order valence-electron chi connectivity index (χ2n) is 7.99. The van der Waals surface area contributed by atoms with Crippen LogP contribution in [0.4, 0.5) is 5.82 Å². The molecule has 0 unspecified atom stereocenters. The smallest absolute Gasteiger partial charge is 0.377 e. The van der Waals surface area contributed by atoms with Crippen LogP contribution in [-0.4, -0.2) is 57.4 Å². The van der Waals surface area contributed by atoms with Gasteiger partial charge in [-0.25, -0.2) is 15.1 Å². The van der Waals surface area contributed by atoms with Crippen molar-refractivity contribution in [1.29, 1.82) is 0 Å². The molecule has 0 aliphatic heterocycles. The first-order valence-corrected chi connectivity index (χ1v) is 12.3. The number of anilines is 1. The average molecular weight is 545 g/mol. The number of hydrazone groups is 1. The Kier molecular flexibility index (Phi) is 6.21. The molecule has 4 aromatic heterocycles. The predicted molar refractivity (Wildman–Crippen MR) is 135 cm³/mol. The maximum atomic E-state index is 13.2. The van der Waals surface area contributed by atoms with Gasteiger partial charge in [0.2, 0.25) is 0 Å². The molecule has 0 aliphatic rings. The number of aromatic amines is 1. The Hall–Kier alpha value is -5.45. The Bertz CT molecular complexity index is 1750. The number of hydrogen-bond acceptors (Lipinski definition) is 13. The summed E-state index contributed by atoms with van der Waals surface area (Å²) in [6.45, 7) is 1.77. The van der Waals surface area contributed by atoms with Crippen molar-refractivity contribution in [2.24, 2.45) is 5.10 Å². The Morgan fingerprint density at radius 3 is 2.79 bits per heavy atom. The first-order chi connectivity index (χ1) is 19.1. The molecule has 0 saturated carbocycles. The van der Waals surface area contributed by atoms with Gasteiger partial charge in [0.05, 0.1) is 17.2 Å². The van der Waals surface area contributed by atoms with Crippen molar-refractivity contribution in [1.82, 2.24) is 51.2 Å². The highest BCUT2D eigenvalue weighted by Crippen LogP contribution is 2.26. The number of amides is 1. The molecule has 0 atom stereocenters. The minimum absolute atomic E-state index is 0.0164. The summed E-state index contributed by atoms with van der Waals surface area (Å²) in [5.41, 5.74) is 12.4. The van der Waals surface area contributed by atoms with E-state index in [2.05, 4.69) is 51.7 Å². The van der Waals surface area contributed by atoms with Gasteiger partial charge < -0.3 is 10.2 Å². The number of oxazole rings is 1. The monoisotopic (exact) mass is 544 g/mol. The average Bonchev–Trinajstić information content (AvgIpc) is 3.76. The topological polar surface area (TPSA) is 209 Å². The standard InChI is InChI=1S/C22H17N13O3S/c1-12(13-6-8-14(9-7-13)34-11-24-31-33-34)26-28-21(36)18-16(35(32-27-18)20-19(23)29-38-30-20)10-39-22-25-15-4-2-3-5-17(15)37-22/h2-9,11H,10H2,1H3,(H3,23,28,29,36)/p+1. The van der Waals surface area contributed by atoms with Crippen LogP contribution in [0.25, 0.3) is 22.6 Å². The number of fused-ring (bicyclic) bond motifs is 1. The van der Waals surface area contributed by atoms with Crippen molar-refractivity contribution in [3.05, 3.63) is 71.8 Å². The van der Waals surface area contributed by atoms with Crippen LogP contribution in [0.3, 0.4) is 0 Å². The third-order valence-corrected chi connectivity index (χ3v) is 6.40. The number of tetrazole rings is 1. The first-order valence-electron chi connectivity index (χ1n) is 11.3. The molecule has 6 rings (SSSR count). The molecule has 6 aromatic rings. The van der Waals surface area contributed by atoms with Crippen molar-refractivity contribution >= 4 is 40.3 Å². The van der Waals surface area contributed by atoms with Gasteiger partial charge in [0.15, 0.2) is 11.3 Å². The van der Waals surface area contributed by atoms with Crippen LogP contribution in [0.2, 0.25) is 0 Å².